The topological polar surface area (TPSA) is 58.4 Å². The summed E-state index contributed by atoms with van der Waals surface area (Å²) in [5.41, 5.74) is 6.08. The number of carbonyl (C=O) groups is 1. The predicted molar refractivity (Wildman–Crippen MR) is 75.3 cm³/mol. The van der Waals surface area contributed by atoms with Crippen LogP contribution < -0.4 is 11.1 Å². The zero-order valence-electron chi connectivity index (χ0n) is 12.1. The first-order chi connectivity index (χ1) is 8.60. The van der Waals surface area contributed by atoms with Gasteiger partial charge in [0, 0.05) is 19.1 Å². The van der Waals surface area contributed by atoms with Gasteiger partial charge in [0.1, 0.15) is 0 Å². The van der Waals surface area contributed by atoms with Crippen molar-refractivity contribution >= 4 is 5.91 Å². The van der Waals surface area contributed by atoms with Crippen molar-refractivity contribution in [2.24, 2.45) is 17.6 Å². The van der Waals surface area contributed by atoms with E-state index in [0.717, 1.165) is 45.4 Å². The number of hydrogen-bond donors (Lipinski definition) is 2. The van der Waals surface area contributed by atoms with Crippen molar-refractivity contribution in [1.82, 2.24) is 10.2 Å². The minimum Gasteiger partial charge on any atom is -0.355 e. The van der Waals surface area contributed by atoms with Crippen LogP contribution in [0, 0.1) is 11.8 Å². The first-order valence-corrected chi connectivity index (χ1v) is 7.35. The summed E-state index contributed by atoms with van der Waals surface area (Å²) in [6, 6.07) is 0.0437. The lowest BCUT2D eigenvalue weighted by Gasteiger charge is -2.33. The summed E-state index contributed by atoms with van der Waals surface area (Å²) in [5, 5.41) is 3.05. The Morgan fingerprint density at radius 2 is 2.00 bits per heavy atom. The molecule has 0 aromatic heterocycles. The van der Waals surface area contributed by atoms with E-state index in [1.54, 1.807) is 0 Å². The van der Waals surface area contributed by atoms with Crippen LogP contribution in [0.1, 0.15) is 40.0 Å². The fourth-order valence-electron chi connectivity index (χ4n) is 2.90. The summed E-state index contributed by atoms with van der Waals surface area (Å²) in [7, 11) is 0. The van der Waals surface area contributed by atoms with E-state index in [-0.39, 0.29) is 17.9 Å². The molecule has 106 valence electrons. The molecule has 1 amide bonds. The van der Waals surface area contributed by atoms with Crippen LogP contribution in [0.4, 0.5) is 0 Å². The second kappa shape index (κ2) is 7.74. The van der Waals surface area contributed by atoms with Gasteiger partial charge in [-0.2, -0.15) is 0 Å². The Kier molecular flexibility index (Phi) is 6.65. The van der Waals surface area contributed by atoms with E-state index in [2.05, 4.69) is 31.0 Å². The van der Waals surface area contributed by atoms with Crippen LogP contribution in [0.25, 0.3) is 0 Å². The Hall–Kier alpha value is -0.610. The van der Waals surface area contributed by atoms with Crippen LogP contribution in [-0.2, 0) is 4.79 Å². The Bertz CT molecular complexity index is 243. The first-order valence-electron chi connectivity index (χ1n) is 7.35. The molecule has 0 heterocycles. The number of hydrogen-bond acceptors (Lipinski definition) is 3. The van der Waals surface area contributed by atoms with Crippen molar-refractivity contribution in [3.05, 3.63) is 0 Å². The van der Waals surface area contributed by atoms with Crippen LogP contribution in [0.2, 0.25) is 0 Å². The number of rotatable bonds is 6. The van der Waals surface area contributed by atoms with Crippen LogP contribution in [0.3, 0.4) is 0 Å². The fraction of sp³-hybridized carbons (Fsp3) is 0.929. The first kappa shape index (κ1) is 15.4. The molecule has 3 unspecified atom stereocenters. The van der Waals surface area contributed by atoms with E-state index in [9.17, 15) is 4.79 Å². The van der Waals surface area contributed by atoms with Gasteiger partial charge in [-0.05, 0) is 31.8 Å². The normalized spacial score (nSPS) is 28.4. The molecule has 1 aliphatic carbocycles. The highest BCUT2D eigenvalue weighted by Crippen LogP contribution is 2.28. The molecular weight excluding hydrogens is 226 g/mol. The van der Waals surface area contributed by atoms with Gasteiger partial charge in [0.15, 0.2) is 0 Å². The lowest BCUT2D eigenvalue weighted by Crippen LogP contribution is -2.48. The Labute approximate surface area is 111 Å². The van der Waals surface area contributed by atoms with Gasteiger partial charge in [-0.25, -0.2) is 0 Å². The van der Waals surface area contributed by atoms with Gasteiger partial charge in [-0.3, -0.25) is 4.79 Å². The second-order valence-corrected chi connectivity index (χ2v) is 5.42. The van der Waals surface area contributed by atoms with Crippen LogP contribution in [0.5, 0.6) is 0 Å². The zero-order valence-corrected chi connectivity index (χ0v) is 12.1. The summed E-state index contributed by atoms with van der Waals surface area (Å²) in [4.78, 5) is 14.5. The molecule has 1 aliphatic rings. The van der Waals surface area contributed by atoms with E-state index in [1.807, 2.05) is 0 Å². The van der Waals surface area contributed by atoms with Gasteiger partial charge >= 0.3 is 0 Å². The van der Waals surface area contributed by atoms with Gasteiger partial charge < -0.3 is 16.0 Å². The largest absolute Gasteiger partial charge is 0.355 e. The van der Waals surface area contributed by atoms with Crippen LogP contribution in [-0.4, -0.2) is 43.0 Å². The molecule has 1 saturated carbocycles. The minimum atomic E-state index is 0.00968. The van der Waals surface area contributed by atoms with E-state index in [4.69, 9.17) is 5.73 Å². The smallest absolute Gasteiger partial charge is 0.224 e. The molecule has 1 fully saturated rings. The van der Waals surface area contributed by atoms with Gasteiger partial charge in [0.25, 0.3) is 0 Å². The van der Waals surface area contributed by atoms with Crippen molar-refractivity contribution < 1.29 is 4.79 Å². The molecule has 18 heavy (non-hydrogen) atoms. The summed E-state index contributed by atoms with van der Waals surface area (Å²) in [6.07, 6.45) is 3.27. The quantitative estimate of drug-likeness (QED) is 0.750. The van der Waals surface area contributed by atoms with Gasteiger partial charge in [0.05, 0.1) is 5.92 Å². The Balaban J connectivity index is 2.35. The minimum absolute atomic E-state index is 0.00968. The predicted octanol–water partition coefficient (Wildman–Crippen LogP) is 1.21. The third-order valence-corrected chi connectivity index (χ3v) is 4.20. The standard InChI is InChI=1S/C14H29N3O/c1-4-17(5-2)10-9-16-14(18)13-11(3)7-6-8-12(13)15/h11-13H,4-10,15H2,1-3H3,(H,16,18). The van der Waals surface area contributed by atoms with Crippen LogP contribution >= 0.6 is 0 Å². The third kappa shape index (κ3) is 4.25. The molecular formula is C14H29N3O. The molecule has 0 radical (unpaired) electrons. The summed E-state index contributed by atoms with van der Waals surface area (Å²) >= 11 is 0. The molecule has 0 bridgehead atoms. The van der Waals surface area contributed by atoms with Crippen molar-refractivity contribution in [2.45, 2.75) is 46.1 Å². The molecule has 3 N–H and O–H groups in total. The molecule has 4 heteroatoms. The SMILES string of the molecule is CCN(CC)CCNC(=O)C1C(C)CCCC1N. The van der Waals surface area contributed by atoms with Crippen molar-refractivity contribution in [2.75, 3.05) is 26.2 Å². The maximum absolute atomic E-state index is 12.2. The van der Waals surface area contributed by atoms with E-state index < -0.39 is 0 Å². The monoisotopic (exact) mass is 255 g/mol. The number of nitrogens with zero attached hydrogens (tertiary/aromatic N) is 1. The fourth-order valence-corrected chi connectivity index (χ4v) is 2.90. The summed E-state index contributed by atoms with van der Waals surface area (Å²) in [6.45, 7) is 10.2. The second-order valence-electron chi connectivity index (χ2n) is 5.42. The number of amides is 1. The Morgan fingerprint density at radius 3 is 2.56 bits per heavy atom. The van der Waals surface area contributed by atoms with Crippen molar-refractivity contribution in [3.8, 4) is 0 Å². The average Bonchev–Trinajstić information content (AvgIpc) is 2.34. The van der Waals surface area contributed by atoms with Crippen molar-refractivity contribution in [1.29, 1.82) is 0 Å². The highest BCUT2D eigenvalue weighted by atomic mass is 16.1. The molecule has 0 aromatic rings. The third-order valence-electron chi connectivity index (χ3n) is 4.20. The highest BCUT2D eigenvalue weighted by molar-refractivity contribution is 5.79. The maximum atomic E-state index is 12.2. The van der Waals surface area contributed by atoms with E-state index >= 15 is 0 Å². The summed E-state index contributed by atoms with van der Waals surface area (Å²) in [5.74, 6) is 0.583. The lowest BCUT2D eigenvalue weighted by molar-refractivity contribution is -0.128. The Morgan fingerprint density at radius 1 is 1.33 bits per heavy atom. The van der Waals surface area contributed by atoms with Gasteiger partial charge in [-0.1, -0.05) is 27.2 Å². The molecule has 0 aliphatic heterocycles. The number of nitrogens with two attached hydrogens (primary N) is 1. The molecule has 0 aromatic carbocycles. The number of nitrogens with one attached hydrogen (secondary N) is 1. The average molecular weight is 255 g/mol. The molecule has 0 spiro atoms. The zero-order chi connectivity index (χ0) is 13.5. The van der Waals surface area contributed by atoms with Crippen LogP contribution in [0.15, 0.2) is 0 Å². The number of likely N-dealkylation sites (N-methyl/N-ethyl adjacent to an activating group) is 1. The van der Waals surface area contributed by atoms with Gasteiger partial charge in [-0.15, -0.1) is 0 Å². The molecule has 4 nitrogen and oxygen atoms in total. The maximum Gasteiger partial charge on any atom is 0.224 e. The lowest BCUT2D eigenvalue weighted by atomic mass is 9.76. The van der Waals surface area contributed by atoms with Crippen molar-refractivity contribution in [3.63, 3.8) is 0 Å². The van der Waals surface area contributed by atoms with E-state index in [1.165, 1.54) is 0 Å². The summed E-state index contributed by atoms with van der Waals surface area (Å²) < 4.78 is 0. The molecule has 1 rings (SSSR count). The number of carbonyl (C=O) groups excluding carboxylic acids is 1. The highest BCUT2D eigenvalue weighted by Gasteiger charge is 2.33. The molecule has 3 atom stereocenters. The molecule has 0 saturated heterocycles. The van der Waals surface area contributed by atoms with E-state index in [0.29, 0.717) is 5.92 Å². The van der Waals surface area contributed by atoms with Gasteiger partial charge in [0.2, 0.25) is 5.91 Å².